The van der Waals surface area contributed by atoms with E-state index in [9.17, 15) is 4.79 Å². The van der Waals surface area contributed by atoms with Gasteiger partial charge in [-0.25, -0.2) is 0 Å². The molecule has 0 unspecified atom stereocenters. The Balaban J connectivity index is 1.61. The molecule has 0 bridgehead atoms. The molecule has 3 heterocycles. The zero-order chi connectivity index (χ0) is 17.1. The van der Waals surface area contributed by atoms with E-state index < -0.39 is 0 Å². The van der Waals surface area contributed by atoms with Crippen LogP contribution in [0.4, 0.5) is 5.82 Å². The predicted octanol–water partition coefficient (Wildman–Crippen LogP) is 1.56. The fourth-order valence-corrected chi connectivity index (χ4v) is 3.08. The molecule has 7 heteroatoms. The van der Waals surface area contributed by atoms with Crippen LogP contribution in [0.1, 0.15) is 23.2 Å². The molecule has 1 aliphatic heterocycles. The molecule has 1 fully saturated rings. The summed E-state index contributed by atoms with van der Waals surface area (Å²) < 4.78 is 6.84. The molecule has 1 saturated heterocycles. The van der Waals surface area contributed by atoms with E-state index in [0.717, 1.165) is 31.7 Å². The van der Waals surface area contributed by atoms with Crippen LogP contribution < -0.4 is 9.64 Å². The van der Waals surface area contributed by atoms with Gasteiger partial charge in [0, 0.05) is 45.5 Å². The molecule has 3 rings (SSSR count). The first-order valence-corrected chi connectivity index (χ1v) is 8.10. The maximum Gasteiger partial charge on any atom is 0.257 e. The van der Waals surface area contributed by atoms with Crippen LogP contribution in [0, 0.1) is 0 Å². The quantitative estimate of drug-likeness (QED) is 0.852. The van der Waals surface area contributed by atoms with Crippen LogP contribution in [0.5, 0.6) is 5.88 Å². The second-order valence-corrected chi connectivity index (χ2v) is 6.08. The minimum atomic E-state index is 0.0288. The van der Waals surface area contributed by atoms with Gasteiger partial charge in [-0.15, -0.1) is 0 Å². The number of pyridine rings is 1. The summed E-state index contributed by atoms with van der Waals surface area (Å²) in [5.74, 6) is 1.58. The lowest BCUT2D eigenvalue weighted by molar-refractivity contribution is 0.0709. The molecule has 0 N–H and O–H groups in total. The minimum absolute atomic E-state index is 0.0288. The lowest BCUT2D eigenvalue weighted by Gasteiger charge is -2.37. The van der Waals surface area contributed by atoms with Crippen molar-refractivity contribution in [3.05, 3.63) is 36.2 Å². The number of carbonyl (C=O) groups excluding carboxylic acids is 1. The highest BCUT2D eigenvalue weighted by atomic mass is 16.5. The molecule has 2 aromatic heterocycles. The number of anilines is 1. The first-order chi connectivity index (χ1) is 11.6. The van der Waals surface area contributed by atoms with Crippen LogP contribution in [0.2, 0.25) is 0 Å². The second kappa shape index (κ2) is 6.90. The fourth-order valence-electron chi connectivity index (χ4n) is 3.08. The van der Waals surface area contributed by atoms with Gasteiger partial charge in [-0.2, -0.15) is 10.1 Å². The molecule has 0 radical (unpaired) electrons. The number of aromatic nitrogens is 3. The molecule has 0 aromatic carbocycles. The summed E-state index contributed by atoms with van der Waals surface area (Å²) in [4.78, 5) is 21.1. The normalized spacial score (nSPS) is 15.4. The van der Waals surface area contributed by atoms with Gasteiger partial charge in [-0.1, -0.05) is 6.07 Å². The summed E-state index contributed by atoms with van der Waals surface area (Å²) >= 11 is 0. The van der Waals surface area contributed by atoms with Gasteiger partial charge >= 0.3 is 0 Å². The van der Waals surface area contributed by atoms with Gasteiger partial charge in [-0.05, 0) is 18.9 Å². The van der Waals surface area contributed by atoms with Crippen LogP contribution >= 0.6 is 0 Å². The fraction of sp³-hybridized carbons (Fsp3) is 0.471. The SMILES string of the molecule is COc1cccc(N2CCC(N(C)C(=O)c3cnn(C)c3)CC2)n1. The first kappa shape index (κ1) is 16.3. The highest BCUT2D eigenvalue weighted by Crippen LogP contribution is 2.23. The van der Waals surface area contributed by atoms with Crippen LogP contribution in [0.3, 0.4) is 0 Å². The maximum absolute atomic E-state index is 12.5. The van der Waals surface area contributed by atoms with E-state index in [0.29, 0.717) is 11.4 Å². The Hall–Kier alpha value is -2.57. The smallest absolute Gasteiger partial charge is 0.257 e. The van der Waals surface area contributed by atoms with Gasteiger partial charge in [0.15, 0.2) is 0 Å². The summed E-state index contributed by atoms with van der Waals surface area (Å²) in [6.07, 6.45) is 5.21. The van der Waals surface area contributed by atoms with Gasteiger partial charge in [-0.3, -0.25) is 9.48 Å². The van der Waals surface area contributed by atoms with Crippen molar-refractivity contribution >= 4 is 11.7 Å². The summed E-state index contributed by atoms with van der Waals surface area (Å²) in [6, 6.07) is 6.02. The molecule has 0 spiro atoms. The third kappa shape index (κ3) is 3.34. The number of rotatable bonds is 4. The van der Waals surface area contributed by atoms with E-state index in [1.54, 1.807) is 24.2 Å². The van der Waals surface area contributed by atoms with Crippen LogP contribution in [-0.2, 0) is 7.05 Å². The van der Waals surface area contributed by atoms with Crippen LogP contribution in [0.25, 0.3) is 0 Å². The highest BCUT2D eigenvalue weighted by molar-refractivity contribution is 5.93. The van der Waals surface area contributed by atoms with Crippen molar-refractivity contribution < 1.29 is 9.53 Å². The van der Waals surface area contributed by atoms with Crippen molar-refractivity contribution in [3.63, 3.8) is 0 Å². The van der Waals surface area contributed by atoms with E-state index in [1.165, 1.54) is 0 Å². The topological polar surface area (TPSA) is 63.5 Å². The van der Waals surface area contributed by atoms with Crippen molar-refractivity contribution in [2.24, 2.45) is 7.05 Å². The van der Waals surface area contributed by atoms with Crippen LogP contribution in [0.15, 0.2) is 30.6 Å². The number of nitrogens with zero attached hydrogens (tertiary/aromatic N) is 5. The molecule has 0 aliphatic carbocycles. The number of carbonyl (C=O) groups is 1. The third-order valence-electron chi connectivity index (χ3n) is 4.53. The Morgan fingerprint density at radius 1 is 1.33 bits per heavy atom. The average Bonchev–Trinajstić information content (AvgIpc) is 3.07. The zero-order valence-electron chi connectivity index (χ0n) is 14.3. The molecule has 0 atom stereocenters. The first-order valence-electron chi connectivity index (χ1n) is 8.10. The minimum Gasteiger partial charge on any atom is -0.481 e. The molecule has 1 aliphatic rings. The molecule has 2 aromatic rings. The Labute approximate surface area is 141 Å². The number of hydrogen-bond donors (Lipinski definition) is 0. The summed E-state index contributed by atoms with van der Waals surface area (Å²) in [5, 5.41) is 4.07. The van der Waals surface area contributed by atoms with Gasteiger partial charge in [0.05, 0.1) is 18.9 Å². The monoisotopic (exact) mass is 329 g/mol. The molecule has 0 saturated carbocycles. The van der Waals surface area contributed by atoms with Crippen molar-refractivity contribution in [2.45, 2.75) is 18.9 Å². The summed E-state index contributed by atoms with van der Waals surface area (Å²) in [5.41, 5.74) is 0.636. The number of amides is 1. The number of aryl methyl sites for hydroxylation is 1. The summed E-state index contributed by atoms with van der Waals surface area (Å²) in [6.45, 7) is 1.74. The van der Waals surface area contributed by atoms with E-state index in [1.807, 2.05) is 37.2 Å². The number of piperidine rings is 1. The molecular formula is C17H23N5O2. The van der Waals surface area contributed by atoms with E-state index in [2.05, 4.69) is 15.0 Å². The number of ether oxygens (including phenoxy) is 1. The number of hydrogen-bond acceptors (Lipinski definition) is 5. The van der Waals surface area contributed by atoms with Crippen LogP contribution in [-0.4, -0.2) is 58.9 Å². The van der Waals surface area contributed by atoms with Crippen molar-refractivity contribution in [1.29, 1.82) is 0 Å². The van der Waals surface area contributed by atoms with Gasteiger partial charge < -0.3 is 14.5 Å². The average molecular weight is 329 g/mol. The highest BCUT2D eigenvalue weighted by Gasteiger charge is 2.27. The van der Waals surface area contributed by atoms with Crippen molar-refractivity contribution in [2.75, 3.05) is 32.1 Å². The van der Waals surface area contributed by atoms with E-state index >= 15 is 0 Å². The Morgan fingerprint density at radius 2 is 2.08 bits per heavy atom. The molecule has 7 nitrogen and oxygen atoms in total. The summed E-state index contributed by atoms with van der Waals surface area (Å²) in [7, 11) is 5.31. The van der Waals surface area contributed by atoms with Gasteiger partial charge in [0.1, 0.15) is 5.82 Å². The Kier molecular flexibility index (Phi) is 4.69. The standard InChI is InChI=1S/C17H23N5O2/c1-20-12-13(11-18-20)17(23)21(2)14-7-9-22(10-8-14)15-5-4-6-16(19-15)24-3/h4-6,11-12,14H,7-10H2,1-3H3. The van der Waals surface area contributed by atoms with E-state index in [4.69, 9.17) is 4.74 Å². The van der Waals surface area contributed by atoms with Crippen molar-refractivity contribution in [3.8, 4) is 5.88 Å². The molecule has 128 valence electrons. The van der Waals surface area contributed by atoms with Crippen molar-refractivity contribution in [1.82, 2.24) is 19.7 Å². The Bertz CT molecular complexity index is 707. The molecule has 24 heavy (non-hydrogen) atoms. The molecular weight excluding hydrogens is 306 g/mol. The van der Waals surface area contributed by atoms with Gasteiger partial charge in [0.25, 0.3) is 5.91 Å². The Morgan fingerprint density at radius 3 is 2.71 bits per heavy atom. The maximum atomic E-state index is 12.5. The zero-order valence-corrected chi connectivity index (χ0v) is 14.3. The third-order valence-corrected chi connectivity index (χ3v) is 4.53. The molecule has 1 amide bonds. The largest absolute Gasteiger partial charge is 0.481 e. The number of methoxy groups -OCH3 is 1. The lowest BCUT2D eigenvalue weighted by Crippen LogP contribution is -2.45. The van der Waals surface area contributed by atoms with E-state index in [-0.39, 0.29) is 11.9 Å². The predicted molar refractivity (Wildman–Crippen MR) is 91.3 cm³/mol. The second-order valence-electron chi connectivity index (χ2n) is 6.08. The lowest BCUT2D eigenvalue weighted by atomic mass is 10.0. The van der Waals surface area contributed by atoms with Gasteiger partial charge in [0.2, 0.25) is 5.88 Å².